The Balaban J connectivity index is 2.29. The molecule has 0 saturated heterocycles. The maximum atomic E-state index is 11.6. The highest BCUT2D eigenvalue weighted by Gasteiger charge is 2.28. The van der Waals surface area contributed by atoms with Crippen LogP contribution in [0.3, 0.4) is 0 Å². The van der Waals surface area contributed by atoms with Crippen molar-refractivity contribution in [3.05, 3.63) is 0 Å². The number of nitrogens with zero attached hydrogens (tertiary/aromatic N) is 1. The predicted octanol–water partition coefficient (Wildman–Crippen LogP) is 0.753. The Morgan fingerprint density at radius 2 is 2.00 bits per heavy atom. The number of hydrogen-bond donors (Lipinski definition) is 2. The van der Waals surface area contributed by atoms with Crippen LogP contribution in [0.2, 0.25) is 0 Å². The van der Waals surface area contributed by atoms with Crippen LogP contribution in [-0.4, -0.2) is 34.6 Å². The number of aliphatic imine (C=N–C) groups is 1. The minimum atomic E-state index is -0.862. The Bertz CT molecular complexity index is 349. The van der Waals surface area contributed by atoms with E-state index in [1.54, 1.807) is 6.92 Å². The molecule has 1 atom stereocenters. The Hall–Kier alpha value is -1.72. The molecule has 1 aliphatic rings. The summed E-state index contributed by atoms with van der Waals surface area (Å²) in [5.74, 6) is -0.975. The number of hydrogen-bond acceptors (Lipinski definition) is 3. The van der Waals surface area contributed by atoms with E-state index in [1.807, 2.05) is 0 Å². The predicted molar refractivity (Wildman–Crippen MR) is 56.5 cm³/mol. The zero-order valence-electron chi connectivity index (χ0n) is 9.02. The molecule has 6 nitrogen and oxygen atoms in total. The molecule has 2 N–H and O–H groups in total. The van der Waals surface area contributed by atoms with Gasteiger partial charge in [-0.1, -0.05) is 0 Å². The molecule has 2 amide bonds. The van der Waals surface area contributed by atoms with Crippen LogP contribution in [0.5, 0.6) is 0 Å². The van der Waals surface area contributed by atoms with Gasteiger partial charge in [0.25, 0.3) is 0 Å². The van der Waals surface area contributed by atoms with Crippen LogP contribution < -0.4 is 5.32 Å². The topological polar surface area (TPSA) is 95.8 Å². The number of aliphatic carboxylic acids is 1. The van der Waals surface area contributed by atoms with Gasteiger partial charge in [-0.05, 0) is 19.8 Å². The lowest BCUT2D eigenvalue weighted by atomic mass is 10.0. The fourth-order valence-corrected chi connectivity index (χ4v) is 1.52. The molecule has 16 heavy (non-hydrogen) atoms. The van der Waals surface area contributed by atoms with Crippen LogP contribution in [0.25, 0.3) is 0 Å². The van der Waals surface area contributed by atoms with Crippen molar-refractivity contribution in [3.8, 4) is 0 Å². The Morgan fingerprint density at radius 3 is 2.50 bits per heavy atom. The first-order valence-corrected chi connectivity index (χ1v) is 5.11. The fourth-order valence-electron chi connectivity index (χ4n) is 1.52. The summed E-state index contributed by atoms with van der Waals surface area (Å²) in [5.41, 5.74) is 0.480. The number of carbonyl (C=O) groups excluding carboxylic acids is 2. The molecule has 0 aromatic carbocycles. The second-order valence-electron chi connectivity index (χ2n) is 3.70. The smallest absolute Gasteiger partial charge is 0.341 e. The largest absolute Gasteiger partial charge is 0.481 e. The number of carbonyl (C=O) groups is 3. The van der Waals surface area contributed by atoms with Crippen LogP contribution in [0, 0.1) is 0 Å². The standard InChI is InChI=1S/C10H14N2O4/c1-6-9(12-10(16)11-6)7(13)4-2-3-5-8(14)15/h9H,2-5H2,1H3,(H,12,16)(H,14,15). The third-order valence-corrected chi connectivity index (χ3v) is 2.35. The molecule has 6 heteroatoms. The molecule has 0 aromatic heterocycles. The average molecular weight is 226 g/mol. The number of Topliss-reactive ketones (excluding diaryl/α,β-unsaturated/α-hetero) is 1. The molecule has 88 valence electrons. The lowest BCUT2D eigenvalue weighted by Gasteiger charge is -2.08. The van der Waals surface area contributed by atoms with E-state index in [1.165, 1.54) is 0 Å². The third kappa shape index (κ3) is 3.45. The molecule has 0 saturated carbocycles. The van der Waals surface area contributed by atoms with E-state index in [0.29, 0.717) is 18.6 Å². The monoisotopic (exact) mass is 226 g/mol. The highest BCUT2D eigenvalue weighted by atomic mass is 16.4. The second-order valence-corrected chi connectivity index (χ2v) is 3.70. The van der Waals surface area contributed by atoms with Crippen LogP contribution in [0.1, 0.15) is 32.6 Å². The first-order valence-electron chi connectivity index (χ1n) is 5.11. The highest BCUT2D eigenvalue weighted by Crippen LogP contribution is 2.07. The number of amides is 2. The Morgan fingerprint density at radius 1 is 1.38 bits per heavy atom. The number of urea groups is 1. The summed E-state index contributed by atoms with van der Waals surface area (Å²) in [6.07, 6.45) is 1.32. The van der Waals surface area contributed by atoms with Gasteiger partial charge in [-0.3, -0.25) is 9.59 Å². The SMILES string of the molecule is CC1=NC(=O)NC1C(=O)CCCCC(=O)O. The van der Waals surface area contributed by atoms with Crippen molar-refractivity contribution in [2.75, 3.05) is 0 Å². The Labute approximate surface area is 92.7 Å². The average Bonchev–Trinajstić information content (AvgIpc) is 2.52. The summed E-state index contributed by atoms with van der Waals surface area (Å²) in [4.78, 5) is 36.3. The van der Waals surface area contributed by atoms with Crippen LogP contribution in [0.4, 0.5) is 4.79 Å². The lowest BCUT2D eigenvalue weighted by molar-refractivity contribution is -0.137. The summed E-state index contributed by atoms with van der Waals surface area (Å²) >= 11 is 0. The fraction of sp³-hybridized carbons (Fsp3) is 0.600. The number of rotatable bonds is 6. The van der Waals surface area contributed by atoms with Crippen molar-refractivity contribution in [1.82, 2.24) is 5.32 Å². The summed E-state index contributed by atoms with van der Waals surface area (Å²) in [6.45, 7) is 1.62. The highest BCUT2D eigenvalue weighted by molar-refractivity contribution is 6.16. The minimum absolute atomic E-state index is 0.0668. The number of unbranched alkanes of at least 4 members (excludes halogenated alkanes) is 1. The normalized spacial score (nSPS) is 19.2. The van der Waals surface area contributed by atoms with Crippen molar-refractivity contribution in [2.45, 2.75) is 38.6 Å². The second kappa shape index (κ2) is 5.39. The first-order chi connectivity index (χ1) is 7.50. The van der Waals surface area contributed by atoms with E-state index in [-0.39, 0.29) is 18.6 Å². The van der Waals surface area contributed by atoms with E-state index in [4.69, 9.17) is 5.11 Å². The van der Waals surface area contributed by atoms with Gasteiger partial charge in [0.1, 0.15) is 6.04 Å². The summed E-state index contributed by atoms with van der Waals surface area (Å²) in [6, 6.07) is -1.10. The van der Waals surface area contributed by atoms with Crippen molar-refractivity contribution in [3.63, 3.8) is 0 Å². The van der Waals surface area contributed by atoms with E-state index >= 15 is 0 Å². The van der Waals surface area contributed by atoms with E-state index in [2.05, 4.69) is 10.3 Å². The molecule has 1 rings (SSSR count). The molecule has 0 bridgehead atoms. The molecule has 0 aliphatic carbocycles. The van der Waals surface area contributed by atoms with Gasteiger partial charge in [0, 0.05) is 12.8 Å². The molecular weight excluding hydrogens is 212 g/mol. The maximum absolute atomic E-state index is 11.6. The van der Waals surface area contributed by atoms with Gasteiger partial charge < -0.3 is 10.4 Å². The van der Waals surface area contributed by atoms with Gasteiger partial charge in [-0.15, -0.1) is 0 Å². The number of ketones is 1. The third-order valence-electron chi connectivity index (χ3n) is 2.35. The first kappa shape index (κ1) is 12.4. The molecule has 0 fully saturated rings. The summed E-state index contributed by atoms with van der Waals surface area (Å²) in [5, 5.41) is 10.9. The Kier molecular flexibility index (Phi) is 4.16. The van der Waals surface area contributed by atoms with Crippen LogP contribution in [-0.2, 0) is 9.59 Å². The van der Waals surface area contributed by atoms with Crippen molar-refractivity contribution in [1.29, 1.82) is 0 Å². The van der Waals surface area contributed by atoms with E-state index in [9.17, 15) is 14.4 Å². The molecule has 1 aliphatic heterocycles. The van der Waals surface area contributed by atoms with Gasteiger partial charge in [0.15, 0.2) is 5.78 Å². The van der Waals surface area contributed by atoms with Gasteiger partial charge in [-0.2, -0.15) is 0 Å². The van der Waals surface area contributed by atoms with Crippen molar-refractivity contribution in [2.24, 2.45) is 4.99 Å². The molecule has 0 radical (unpaired) electrons. The minimum Gasteiger partial charge on any atom is -0.481 e. The lowest BCUT2D eigenvalue weighted by Crippen LogP contribution is -2.38. The van der Waals surface area contributed by atoms with Crippen molar-refractivity contribution >= 4 is 23.5 Å². The zero-order valence-corrected chi connectivity index (χ0v) is 9.02. The number of carboxylic acids is 1. The zero-order chi connectivity index (χ0) is 12.1. The molecule has 0 aromatic rings. The molecule has 1 unspecified atom stereocenters. The molecule has 1 heterocycles. The van der Waals surface area contributed by atoms with Gasteiger partial charge >= 0.3 is 12.0 Å². The summed E-state index contributed by atoms with van der Waals surface area (Å²) < 4.78 is 0. The molecular formula is C10H14N2O4. The quantitative estimate of drug-likeness (QED) is 0.653. The maximum Gasteiger partial charge on any atom is 0.341 e. The number of nitrogens with one attached hydrogen (secondary N) is 1. The van der Waals surface area contributed by atoms with Gasteiger partial charge in [0.2, 0.25) is 0 Å². The van der Waals surface area contributed by atoms with Crippen molar-refractivity contribution < 1.29 is 19.5 Å². The molecule has 0 spiro atoms. The van der Waals surface area contributed by atoms with Gasteiger partial charge in [0.05, 0.1) is 5.71 Å². The van der Waals surface area contributed by atoms with E-state index < -0.39 is 18.0 Å². The van der Waals surface area contributed by atoms with Crippen LogP contribution >= 0.6 is 0 Å². The summed E-state index contributed by atoms with van der Waals surface area (Å²) in [7, 11) is 0. The number of carboxylic acid groups (broad SMARTS) is 1. The van der Waals surface area contributed by atoms with E-state index in [0.717, 1.165) is 0 Å². The van der Waals surface area contributed by atoms with Gasteiger partial charge in [-0.25, -0.2) is 9.79 Å². The van der Waals surface area contributed by atoms with Crippen LogP contribution in [0.15, 0.2) is 4.99 Å².